The molecule has 0 aliphatic carbocycles. The molecule has 170 valence electrons. The highest BCUT2D eigenvalue weighted by Gasteiger charge is 2.15. The fourth-order valence-electron chi connectivity index (χ4n) is 3.64. The third-order valence-corrected chi connectivity index (χ3v) is 7.05. The summed E-state index contributed by atoms with van der Waals surface area (Å²) in [6.07, 6.45) is 0. The molecule has 0 saturated carbocycles. The van der Waals surface area contributed by atoms with Gasteiger partial charge in [0.15, 0.2) is 11.0 Å². The van der Waals surface area contributed by atoms with Gasteiger partial charge < -0.3 is 14.6 Å². The summed E-state index contributed by atoms with van der Waals surface area (Å²) in [7, 11) is 0. The van der Waals surface area contributed by atoms with E-state index in [2.05, 4.69) is 63.2 Å². The molecule has 0 atom stereocenters. The van der Waals surface area contributed by atoms with Crippen LogP contribution in [0.25, 0.3) is 10.8 Å². The Balaban J connectivity index is 1.40. The molecular formula is C25H25IN4O2S. The first kappa shape index (κ1) is 23.6. The molecule has 0 unspecified atom stereocenters. The number of carbonyl (C=O) groups excluding carboxylic acids is 1. The third kappa shape index (κ3) is 5.50. The van der Waals surface area contributed by atoms with E-state index in [1.807, 2.05) is 54.8 Å². The van der Waals surface area contributed by atoms with E-state index in [-0.39, 0.29) is 11.7 Å². The van der Waals surface area contributed by atoms with Gasteiger partial charge in [0.25, 0.3) is 0 Å². The van der Waals surface area contributed by atoms with Crippen molar-refractivity contribution in [1.82, 2.24) is 14.8 Å². The number of ether oxygens (including phenoxy) is 1. The van der Waals surface area contributed by atoms with Crippen LogP contribution in [0.2, 0.25) is 0 Å². The van der Waals surface area contributed by atoms with Crippen LogP contribution in [0.5, 0.6) is 5.75 Å². The van der Waals surface area contributed by atoms with Crippen molar-refractivity contribution in [3.63, 3.8) is 0 Å². The largest absolute Gasteiger partial charge is 0.485 e. The Morgan fingerprint density at radius 3 is 2.73 bits per heavy atom. The number of thioether (sulfide) groups is 1. The summed E-state index contributed by atoms with van der Waals surface area (Å²) >= 11 is 3.64. The molecule has 4 rings (SSSR count). The Bertz CT molecular complexity index is 1310. The second-order valence-electron chi connectivity index (χ2n) is 7.64. The van der Waals surface area contributed by atoms with Crippen LogP contribution in [-0.2, 0) is 17.9 Å². The molecule has 1 heterocycles. The quantitative estimate of drug-likeness (QED) is 0.208. The van der Waals surface area contributed by atoms with Gasteiger partial charge in [-0.1, -0.05) is 42.1 Å². The Morgan fingerprint density at radius 2 is 1.94 bits per heavy atom. The molecule has 0 aliphatic heterocycles. The number of aromatic nitrogens is 3. The van der Waals surface area contributed by atoms with Crippen LogP contribution in [-0.4, -0.2) is 26.4 Å². The molecule has 0 bridgehead atoms. The zero-order chi connectivity index (χ0) is 23.4. The molecule has 1 amide bonds. The molecule has 1 N–H and O–H groups in total. The third-order valence-electron chi connectivity index (χ3n) is 5.41. The Hall–Kier alpha value is -2.59. The highest BCUT2D eigenvalue weighted by atomic mass is 127. The number of benzene rings is 3. The lowest BCUT2D eigenvalue weighted by molar-refractivity contribution is -0.113. The van der Waals surface area contributed by atoms with Crippen molar-refractivity contribution in [1.29, 1.82) is 0 Å². The summed E-state index contributed by atoms with van der Waals surface area (Å²) in [6.45, 7) is 7.10. The van der Waals surface area contributed by atoms with Gasteiger partial charge in [-0.15, -0.1) is 10.2 Å². The average Bonchev–Trinajstić information content (AvgIpc) is 3.21. The van der Waals surface area contributed by atoms with Crippen LogP contribution >= 0.6 is 34.4 Å². The van der Waals surface area contributed by atoms with Crippen molar-refractivity contribution in [2.45, 2.75) is 39.1 Å². The smallest absolute Gasteiger partial charge is 0.234 e. The Morgan fingerprint density at radius 1 is 1.12 bits per heavy atom. The molecule has 1 aromatic heterocycles. The molecule has 0 fully saturated rings. The number of amides is 1. The minimum absolute atomic E-state index is 0.0699. The van der Waals surface area contributed by atoms with E-state index in [1.54, 1.807) is 0 Å². The summed E-state index contributed by atoms with van der Waals surface area (Å²) in [4.78, 5) is 12.5. The highest BCUT2D eigenvalue weighted by Crippen LogP contribution is 2.28. The van der Waals surface area contributed by atoms with Gasteiger partial charge in [-0.2, -0.15) is 0 Å². The number of halogens is 1. The normalized spacial score (nSPS) is 11.0. The molecule has 0 saturated heterocycles. The van der Waals surface area contributed by atoms with Crippen LogP contribution in [0.1, 0.15) is 23.9 Å². The van der Waals surface area contributed by atoms with Crippen molar-refractivity contribution >= 4 is 56.7 Å². The summed E-state index contributed by atoms with van der Waals surface area (Å²) < 4.78 is 9.23. The van der Waals surface area contributed by atoms with Gasteiger partial charge in [0.05, 0.1) is 5.75 Å². The number of anilines is 1. The number of carbonyl (C=O) groups is 1. The molecule has 33 heavy (non-hydrogen) atoms. The summed E-state index contributed by atoms with van der Waals surface area (Å²) in [5.74, 6) is 1.76. The zero-order valence-electron chi connectivity index (χ0n) is 18.8. The van der Waals surface area contributed by atoms with Gasteiger partial charge >= 0.3 is 0 Å². The van der Waals surface area contributed by atoms with E-state index in [0.29, 0.717) is 18.3 Å². The number of hydrogen-bond donors (Lipinski definition) is 1. The second-order valence-corrected chi connectivity index (χ2v) is 9.83. The Labute approximate surface area is 211 Å². The van der Waals surface area contributed by atoms with Crippen LogP contribution in [0.15, 0.2) is 59.8 Å². The van der Waals surface area contributed by atoms with E-state index in [9.17, 15) is 4.79 Å². The number of hydrogen-bond acceptors (Lipinski definition) is 5. The summed E-state index contributed by atoms with van der Waals surface area (Å²) in [5.41, 5.74) is 2.98. The molecule has 0 radical (unpaired) electrons. The van der Waals surface area contributed by atoms with Crippen molar-refractivity contribution < 1.29 is 9.53 Å². The van der Waals surface area contributed by atoms with E-state index in [4.69, 9.17) is 4.74 Å². The first-order chi connectivity index (χ1) is 16.0. The molecule has 8 heteroatoms. The lowest BCUT2D eigenvalue weighted by atomic mass is 10.0. The number of nitrogens with one attached hydrogen (secondary N) is 1. The first-order valence-electron chi connectivity index (χ1n) is 10.7. The molecule has 6 nitrogen and oxygen atoms in total. The fourth-order valence-corrected chi connectivity index (χ4v) is 5.11. The minimum Gasteiger partial charge on any atom is -0.485 e. The van der Waals surface area contributed by atoms with Crippen molar-refractivity contribution in [2.75, 3.05) is 11.1 Å². The molecule has 0 spiro atoms. The van der Waals surface area contributed by atoms with Gasteiger partial charge in [-0.3, -0.25) is 4.79 Å². The van der Waals surface area contributed by atoms with Crippen molar-refractivity contribution in [3.05, 3.63) is 75.1 Å². The maximum atomic E-state index is 12.5. The van der Waals surface area contributed by atoms with Gasteiger partial charge in [-0.05, 0) is 89.5 Å². The number of rotatable bonds is 8. The van der Waals surface area contributed by atoms with Gasteiger partial charge in [0, 0.05) is 15.8 Å². The minimum atomic E-state index is -0.0699. The van der Waals surface area contributed by atoms with Gasteiger partial charge in [0.1, 0.15) is 12.4 Å². The lowest BCUT2D eigenvalue weighted by Crippen LogP contribution is -2.15. The Kier molecular flexibility index (Phi) is 7.54. The first-order valence-corrected chi connectivity index (χ1v) is 12.7. The monoisotopic (exact) mass is 572 g/mol. The van der Waals surface area contributed by atoms with Crippen molar-refractivity contribution in [2.24, 2.45) is 0 Å². The van der Waals surface area contributed by atoms with Gasteiger partial charge in [-0.25, -0.2) is 0 Å². The second kappa shape index (κ2) is 10.6. The number of aryl methyl sites for hydroxylation is 2. The van der Waals surface area contributed by atoms with Gasteiger partial charge in [0.2, 0.25) is 5.91 Å². The van der Waals surface area contributed by atoms with Crippen LogP contribution < -0.4 is 10.1 Å². The number of nitrogens with zero attached hydrogens (tertiary/aromatic N) is 3. The maximum absolute atomic E-state index is 12.5. The number of fused-ring (bicyclic) bond motifs is 1. The molecule has 3 aromatic carbocycles. The van der Waals surface area contributed by atoms with Crippen LogP contribution in [0.4, 0.5) is 5.69 Å². The lowest BCUT2D eigenvalue weighted by Gasteiger charge is -2.12. The van der Waals surface area contributed by atoms with Crippen LogP contribution in [0.3, 0.4) is 0 Å². The topological polar surface area (TPSA) is 69.0 Å². The maximum Gasteiger partial charge on any atom is 0.234 e. The summed E-state index contributed by atoms with van der Waals surface area (Å²) in [6, 6.07) is 18.3. The van der Waals surface area contributed by atoms with E-state index in [0.717, 1.165) is 32.0 Å². The fraction of sp³-hybridized carbons (Fsp3) is 0.240. The molecular weight excluding hydrogens is 547 g/mol. The SMILES string of the molecule is CCn1c(COc2ccc3ccccc3c2C)nnc1SCC(=O)Nc1ccc(I)cc1C. The van der Waals surface area contributed by atoms with E-state index in [1.165, 1.54) is 22.5 Å². The molecule has 4 aromatic rings. The highest BCUT2D eigenvalue weighted by molar-refractivity contribution is 14.1. The zero-order valence-corrected chi connectivity index (χ0v) is 21.7. The predicted octanol–water partition coefficient (Wildman–Crippen LogP) is 5.98. The van der Waals surface area contributed by atoms with E-state index >= 15 is 0 Å². The van der Waals surface area contributed by atoms with Crippen molar-refractivity contribution in [3.8, 4) is 5.75 Å². The standard InChI is InChI=1S/C25H25IN4O2S/c1-4-30-23(14-32-22-12-9-18-7-5-6-8-20(18)17(22)3)28-29-25(30)33-15-24(31)27-21-11-10-19(26)13-16(21)2/h5-13H,4,14-15H2,1-3H3,(H,27,31). The van der Waals surface area contributed by atoms with Crippen LogP contribution in [0, 0.1) is 17.4 Å². The molecule has 0 aliphatic rings. The summed E-state index contributed by atoms with van der Waals surface area (Å²) in [5, 5.41) is 14.7. The average molecular weight is 572 g/mol. The van der Waals surface area contributed by atoms with E-state index < -0.39 is 0 Å². The predicted molar refractivity (Wildman–Crippen MR) is 142 cm³/mol.